The van der Waals surface area contributed by atoms with Crippen molar-refractivity contribution in [3.05, 3.63) is 16.3 Å². The van der Waals surface area contributed by atoms with Gasteiger partial charge in [0.25, 0.3) is 5.91 Å². The van der Waals surface area contributed by atoms with Gasteiger partial charge in [-0.1, -0.05) is 11.8 Å². The molecule has 1 aliphatic heterocycles. The van der Waals surface area contributed by atoms with Gasteiger partial charge in [-0.2, -0.15) is 0 Å². The van der Waals surface area contributed by atoms with E-state index in [1.807, 2.05) is 25.7 Å². The van der Waals surface area contributed by atoms with Crippen LogP contribution in [0.1, 0.15) is 42.5 Å². The Morgan fingerprint density at radius 2 is 2.04 bits per heavy atom. The monoisotopic (exact) mass is 407 g/mol. The lowest BCUT2D eigenvalue weighted by molar-refractivity contribution is -0.151. The summed E-state index contributed by atoms with van der Waals surface area (Å²) in [5, 5.41) is 1.81. The fraction of sp³-hybridized carbons (Fsp3) is 0.579. The normalized spacial score (nSPS) is 17.3. The highest BCUT2D eigenvalue weighted by atomic mass is 32.2. The van der Waals surface area contributed by atoms with Crippen molar-refractivity contribution in [2.45, 2.75) is 58.0 Å². The number of hydrogen-bond donors (Lipinski definition) is 0. The van der Waals surface area contributed by atoms with Crippen molar-refractivity contribution in [3.8, 4) is 0 Å². The van der Waals surface area contributed by atoms with E-state index in [1.165, 1.54) is 16.6 Å². The molecule has 1 aliphatic rings. The molecule has 3 heterocycles. The molecule has 0 N–H and O–H groups in total. The van der Waals surface area contributed by atoms with Crippen molar-refractivity contribution in [1.29, 1.82) is 0 Å². The molecule has 8 heteroatoms. The van der Waals surface area contributed by atoms with Gasteiger partial charge < -0.3 is 9.64 Å². The molecule has 0 spiro atoms. The molecule has 0 radical (unpaired) electrons. The van der Waals surface area contributed by atoms with Crippen molar-refractivity contribution < 1.29 is 14.3 Å². The van der Waals surface area contributed by atoms with E-state index in [9.17, 15) is 9.59 Å². The van der Waals surface area contributed by atoms with E-state index in [0.717, 1.165) is 46.6 Å². The van der Waals surface area contributed by atoms with E-state index in [2.05, 4.69) is 16.9 Å². The molecule has 27 heavy (non-hydrogen) atoms. The number of carbonyl (C=O) groups is 2. The van der Waals surface area contributed by atoms with Gasteiger partial charge in [-0.15, -0.1) is 11.3 Å². The topological polar surface area (TPSA) is 72.4 Å². The van der Waals surface area contributed by atoms with Crippen molar-refractivity contribution >= 4 is 45.2 Å². The zero-order chi connectivity index (χ0) is 19.6. The number of piperidine rings is 1. The number of aryl methyl sites for hydroxylation is 3. The maximum atomic E-state index is 12.3. The molecule has 0 saturated carbocycles. The molecule has 3 rings (SSSR count). The summed E-state index contributed by atoms with van der Waals surface area (Å²) in [6.07, 6.45) is 3.18. The van der Waals surface area contributed by atoms with Crippen LogP contribution in [0.2, 0.25) is 0 Å². The van der Waals surface area contributed by atoms with E-state index >= 15 is 0 Å². The summed E-state index contributed by atoms with van der Waals surface area (Å²) in [7, 11) is 0. The standard InChI is InChI=1S/C19H25N3O3S2/c1-11-7-5-6-8-22(11)15(23)9-25-16(24)10-26-18-17-12(2)13(3)27-19(17)21-14(4)20-18/h11H,5-10H2,1-4H3/t11-/m1/s1. The Labute approximate surface area is 167 Å². The van der Waals surface area contributed by atoms with Crippen LogP contribution in [-0.4, -0.2) is 51.7 Å². The fourth-order valence-electron chi connectivity index (χ4n) is 3.28. The van der Waals surface area contributed by atoms with Crippen molar-refractivity contribution in [3.63, 3.8) is 0 Å². The minimum absolute atomic E-state index is 0.106. The maximum absolute atomic E-state index is 12.3. The number of aromatic nitrogens is 2. The van der Waals surface area contributed by atoms with E-state index < -0.39 is 5.97 Å². The van der Waals surface area contributed by atoms with E-state index in [0.29, 0.717) is 5.82 Å². The van der Waals surface area contributed by atoms with Gasteiger partial charge in [0.05, 0.1) is 5.75 Å². The summed E-state index contributed by atoms with van der Waals surface area (Å²) in [6.45, 7) is 8.58. The van der Waals surface area contributed by atoms with Crippen LogP contribution in [0.25, 0.3) is 10.2 Å². The van der Waals surface area contributed by atoms with Crippen LogP contribution < -0.4 is 0 Å². The van der Waals surface area contributed by atoms with Crippen LogP contribution in [-0.2, 0) is 14.3 Å². The summed E-state index contributed by atoms with van der Waals surface area (Å²) in [4.78, 5) is 37.4. The van der Waals surface area contributed by atoms with Gasteiger partial charge in [0, 0.05) is 22.8 Å². The molecule has 2 aromatic heterocycles. The predicted molar refractivity (Wildman–Crippen MR) is 108 cm³/mol. The third-order valence-corrected chi connectivity index (χ3v) is 6.96. The number of thiophene rings is 1. The zero-order valence-corrected chi connectivity index (χ0v) is 17.8. The van der Waals surface area contributed by atoms with E-state index in [4.69, 9.17) is 4.74 Å². The molecule has 6 nitrogen and oxygen atoms in total. The van der Waals surface area contributed by atoms with Gasteiger partial charge in [-0.3, -0.25) is 9.59 Å². The first-order valence-corrected chi connectivity index (χ1v) is 11.0. The Kier molecular flexibility index (Phi) is 6.37. The third-order valence-electron chi connectivity index (χ3n) is 4.91. The second-order valence-electron chi connectivity index (χ2n) is 6.92. The van der Waals surface area contributed by atoms with Gasteiger partial charge in [0.1, 0.15) is 15.7 Å². The number of carbonyl (C=O) groups excluding carboxylic acids is 2. The van der Waals surface area contributed by atoms with Crippen molar-refractivity contribution in [1.82, 2.24) is 14.9 Å². The number of ether oxygens (including phenoxy) is 1. The average Bonchev–Trinajstić information content (AvgIpc) is 2.91. The number of fused-ring (bicyclic) bond motifs is 1. The Balaban J connectivity index is 1.58. The van der Waals surface area contributed by atoms with Gasteiger partial charge in [-0.25, -0.2) is 9.97 Å². The lowest BCUT2D eigenvalue weighted by Gasteiger charge is -2.33. The summed E-state index contributed by atoms with van der Waals surface area (Å²) in [5.74, 6) is 0.314. The van der Waals surface area contributed by atoms with Crippen LogP contribution in [0, 0.1) is 20.8 Å². The van der Waals surface area contributed by atoms with Crippen LogP contribution in [0.15, 0.2) is 5.03 Å². The van der Waals surface area contributed by atoms with Crippen molar-refractivity contribution in [2.24, 2.45) is 0 Å². The molecule has 1 saturated heterocycles. The fourth-order valence-corrected chi connectivity index (χ4v) is 5.35. The molecule has 2 aromatic rings. The Bertz CT molecular complexity index is 865. The molecule has 1 amide bonds. The quantitative estimate of drug-likeness (QED) is 0.428. The number of rotatable bonds is 5. The summed E-state index contributed by atoms with van der Waals surface area (Å²) >= 11 is 2.98. The van der Waals surface area contributed by atoms with Gasteiger partial charge >= 0.3 is 5.97 Å². The number of amides is 1. The molecule has 1 fully saturated rings. The van der Waals surface area contributed by atoms with Crippen molar-refractivity contribution in [2.75, 3.05) is 18.9 Å². The van der Waals surface area contributed by atoms with E-state index in [-0.39, 0.29) is 24.3 Å². The largest absolute Gasteiger partial charge is 0.455 e. The van der Waals surface area contributed by atoms with Crippen LogP contribution >= 0.6 is 23.1 Å². The Hall–Kier alpha value is -1.67. The SMILES string of the molecule is Cc1nc(SCC(=O)OCC(=O)N2CCCC[C@H]2C)c2c(C)c(C)sc2n1. The number of thioether (sulfide) groups is 1. The number of nitrogens with zero attached hydrogens (tertiary/aromatic N) is 3. The van der Waals surface area contributed by atoms with E-state index in [1.54, 1.807) is 11.3 Å². The highest BCUT2D eigenvalue weighted by molar-refractivity contribution is 8.00. The molecule has 0 bridgehead atoms. The maximum Gasteiger partial charge on any atom is 0.316 e. The summed E-state index contributed by atoms with van der Waals surface area (Å²) in [6, 6.07) is 0.224. The summed E-state index contributed by atoms with van der Waals surface area (Å²) in [5.41, 5.74) is 1.15. The smallest absolute Gasteiger partial charge is 0.316 e. The Morgan fingerprint density at radius 3 is 2.78 bits per heavy atom. The lowest BCUT2D eigenvalue weighted by atomic mass is 10.0. The van der Waals surface area contributed by atoms with Gasteiger partial charge in [0.15, 0.2) is 6.61 Å². The summed E-state index contributed by atoms with van der Waals surface area (Å²) < 4.78 is 5.21. The van der Waals surface area contributed by atoms with Gasteiger partial charge in [-0.05, 0) is 52.5 Å². The average molecular weight is 408 g/mol. The first kappa shape index (κ1) is 20.1. The second-order valence-corrected chi connectivity index (χ2v) is 9.09. The third kappa shape index (κ3) is 4.60. The number of esters is 1. The lowest BCUT2D eigenvalue weighted by Crippen LogP contribution is -2.44. The molecule has 0 aromatic carbocycles. The van der Waals surface area contributed by atoms with Gasteiger partial charge in [0.2, 0.25) is 0 Å². The first-order chi connectivity index (χ1) is 12.9. The first-order valence-electron chi connectivity index (χ1n) is 9.19. The molecule has 0 aliphatic carbocycles. The predicted octanol–water partition coefficient (Wildman–Crippen LogP) is 3.65. The highest BCUT2D eigenvalue weighted by Crippen LogP contribution is 2.35. The van der Waals surface area contributed by atoms with Crippen LogP contribution in [0.4, 0.5) is 0 Å². The molecule has 0 unspecified atom stereocenters. The minimum Gasteiger partial charge on any atom is -0.455 e. The minimum atomic E-state index is -0.396. The molecule has 1 atom stereocenters. The van der Waals surface area contributed by atoms with Crippen LogP contribution in [0.5, 0.6) is 0 Å². The molecular weight excluding hydrogens is 382 g/mol. The second kappa shape index (κ2) is 8.56. The number of hydrogen-bond acceptors (Lipinski definition) is 7. The van der Waals surface area contributed by atoms with Crippen LogP contribution in [0.3, 0.4) is 0 Å². The highest BCUT2D eigenvalue weighted by Gasteiger charge is 2.24. The Morgan fingerprint density at radius 1 is 1.26 bits per heavy atom. The molecule has 146 valence electrons. The molecular formula is C19H25N3O3S2. The number of likely N-dealkylation sites (tertiary alicyclic amines) is 1. The zero-order valence-electron chi connectivity index (χ0n) is 16.2.